The van der Waals surface area contributed by atoms with Gasteiger partial charge in [-0.05, 0) is 18.8 Å². The number of carbonyl (C=O) groups excluding carboxylic acids is 1. The summed E-state index contributed by atoms with van der Waals surface area (Å²) in [6.07, 6.45) is 2.98. The predicted molar refractivity (Wildman–Crippen MR) is 70.2 cm³/mol. The monoisotopic (exact) mass is 294 g/mol. The van der Waals surface area contributed by atoms with E-state index in [2.05, 4.69) is 15.4 Å². The average Bonchev–Trinajstić information content (AvgIpc) is 2.87. The molecule has 1 aromatic rings. The van der Waals surface area contributed by atoms with Crippen LogP contribution in [0.5, 0.6) is 0 Å². The lowest BCUT2D eigenvalue weighted by molar-refractivity contribution is -0.140. The summed E-state index contributed by atoms with van der Waals surface area (Å²) in [5.74, 6) is -1.25. The van der Waals surface area contributed by atoms with Crippen LogP contribution in [0.25, 0.3) is 0 Å². The third-order valence-corrected chi connectivity index (χ3v) is 4.59. The van der Waals surface area contributed by atoms with Gasteiger partial charge in [0.25, 0.3) is 0 Å². The standard InChI is InChI=1S/C13H18N4O4/c18-7-13(1-2-13)12(21)17-5-8(3-11(19)20)9(6-17)10-4-14-16-15-10/h4,8-9,18H,1-3,5-7H2,(H,19,20)(H,14,15,16)/t8-,9+/m0/s1. The van der Waals surface area contributed by atoms with Crippen molar-refractivity contribution in [3.8, 4) is 0 Å². The predicted octanol–water partition coefficient (Wildman–Crippen LogP) is -0.406. The first-order chi connectivity index (χ1) is 10.1. The molecule has 1 amide bonds. The van der Waals surface area contributed by atoms with E-state index in [0.717, 1.165) is 0 Å². The molecule has 3 rings (SSSR count). The number of aromatic nitrogens is 3. The summed E-state index contributed by atoms with van der Waals surface area (Å²) in [7, 11) is 0. The molecule has 1 aliphatic carbocycles. The highest BCUT2D eigenvalue weighted by atomic mass is 16.4. The van der Waals surface area contributed by atoms with Crippen molar-refractivity contribution in [2.45, 2.75) is 25.2 Å². The highest BCUT2D eigenvalue weighted by molar-refractivity contribution is 5.86. The Kier molecular flexibility index (Phi) is 3.40. The molecule has 2 heterocycles. The van der Waals surface area contributed by atoms with Crippen molar-refractivity contribution >= 4 is 11.9 Å². The summed E-state index contributed by atoms with van der Waals surface area (Å²) in [5, 5.41) is 28.7. The topological polar surface area (TPSA) is 119 Å². The summed E-state index contributed by atoms with van der Waals surface area (Å²) in [4.78, 5) is 25.2. The highest BCUT2D eigenvalue weighted by Crippen LogP contribution is 2.48. The van der Waals surface area contributed by atoms with Crippen molar-refractivity contribution in [3.05, 3.63) is 11.9 Å². The number of carboxylic acid groups (broad SMARTS) is 1. The van der Waals surface area contributed by atoms with Crippen LogP contribution >= 0.6 is 0 Å². The van der Waals surface area contributed by atoms with Gasteiger partial charge >= 0.3 is 5.97 Å². The zero-order chi connectivity index (χ0) is 15.0. The molecule has 1 aromatic heterocycles. The minimum Gasteiger partial charge on any atom is -0.481 e. The van der Waals surface area contributed by atoms with E-state index in [0.29, 0.717) is 31.6 Å². The van der Waals surface area contributed by atoms with Gasteiger partial charge in [0, 0.05) is 19.0 Å². The van der Waals surface area contributed by atoms with Crippen molar-refractivity contribution in [2.24, 2.45) is 11.3 Å². The maximum Gasteiger partial charge on any atom is 0.303 e. The molecule has 114 valence electrons. The first-order valence-corrected chi connectivity index (χ1v) is 7.03. The molecule has 3 N–H and O–H groups in total. The Balaban J connectivity index is 1.77. The van der Waals surface area contributed by atoms with Crippen LogP contribution in [-0.4, -0.2) is 62.1 Å². The van der Waals surface area contributed by atoms with Crippen molar-refractivity contribution in [2.75, 3.05) is 19.7 Å². The fourth-order valence-corrected chi connectivity index (χ4v) is 3.12. The van der Waals surface area contributed by atoms with Gasteiger partial charge in [-0.1, -0.05) is 0 Å². The largest absolute Gasteiger partial charge is 0.481 e. The number of rotatable bonds is 5. The minimum atomic E-state index is -0.883. The normalized spacial score (nSPS) is 26.8. The average molecular weight is 294 g/mol. The minimum absolute atomic E-state index is 0.00652. The van der Waals surface area contributed by atoms with Crippen molar-refractivity contribution in [1.82, 2.24) is 20.3 Å². The van der Waals surface area contributed by atoms with Gasteiger partial charge in [-0.3, -0.25) is 9.59 Å². The number of amides is 1. The van der Waals surface area contributed by atoms with E-state index in [1.807, 2.05) is 0 Å². The van der Waals surface area contributed by atoms with Gasteiger partial charge in [0.1, 0.15) is 0 Å². The fraction of sp³-hybridized carbons (Fsp3) is 0.692. The van der Waals surface area contributed by atoms with Gasteiger partial charge in [-0.15, -0.1) is 0 Å². The lowest BCUT2D eigenvalue weighted by atomic mass is 9.91. The molecule has 0 spiro atoms. The summed E-state index contributed by atoms with van der Waals surface area (Å²) in [5.41, 5.74) is 0.0670. The van der Waals surface area contributed by atoms with Crippen molar-refractivity contribution in [1.29, 1.82) is 0 Å². The van der Waals surface area contributed by atoms with Crippen LogP contribution in [0.4, 0.5) is 0 Å². The first-order valence-electron chi connectivity index (χ1n) is 7.03. The number of carboxylic acids is 1. The van der Waals surface area contributed by atoms with Crippen LogP contribution < -0.4 is 0 Å². The van der Waals surface area contributed by atoms with E-state index >= 15 is 0 Å². The molecule has 1 saturated carbocycles. The number of hydrogen-bond acceptors (Lipinski definition) is 5. The van der Waals surface area contributed by atoms with E-state index in [1.54, 1.807) is 11.1 Å². The van der Waals surface area contributed by atoms with Gasteiger partial charge in [0.2, 0.25) is 5.91 Å². The molecule has 8 nitrogen and oxygen atoms in total. The Morgan fingerprint density at radius 2 is 2.19 bits per heavy atom. The van der Waals surface area contributed by atoms with Crippen LogP contribution in [0.3, 0.4) is 0 Å². The summed E-state index contributed by atoms with van der Waals surface area (Å²) >= 11 is 0. The van der Waals surface area contributed by atoms with Gasteiger partial charge in [-0.25, -0.2) is 0 Å². The molecule has 2 fully saturated rings. The Morgan fingerprint density at radius 1 is 1.43 bits per heavy atom. The second-order valence-electron chi connectivity index (χ2n) is 6.01. The number of aliphatic carboxylic acids is 1. The second-order valence-corrected chi connectivity index (χ2v) is 6.01. The number of aliphatic hydroxyl groups is 1. The Bertz CT molecular complexity index is 540. The van der Waals surface area contributed by atoms with Crippen LogP contribution in [0.1, 0.15) is 30.9 Å². The number of nitrogens with zero attached hydrogens (tertiary/aromatic N) is 3. The van der Waals surface area contributed by atoms with E-state index in [1.165, 1.54) is 0 Å². The van der Waals surface area contributed by atoms with Crippen LogP contribution in [-0.2, 0) is 9.59 Å². The number of H-pyrrole nitrogens is 1. The van der Waals surface area contributed by atoms with Gasteiger partial charge < -0.3 is 15.1 Å². The molecule has 0 aromatic carbocycles. The zero-order valence-electron chi connectivity index (χ0n) is 11.5. The molecule has 1 saturated heterocycles. The van der Waals surface area contributed by atoms with Gasteiger partial charge in [0.05, 0.1) is 30.3 Å². The van der Waals surface area contributed by atoms with E-state index in [-0.39, 0.29) is 30.8 Å². The Morgan fingerprint density at radius 3 is 2.71 bits per heavy atom. The number of likely N-dealkylation sites (tertiary alicyclic amines) is 1. The quantitative estimate of drug-likeness (QED) is 0.679. The highest BCUT2D eigenvalue weighted by Gasteiger charge is 2.53. The number of aliphatic hydroxyl groups excluding tert-OH is 1. The van der Waals surface area contributed by atoms with Crippen LogP contribution in [0.15, 0.2) is 6.20 Å². The summed E-state index contributed by atoms with van der Waals surface area (Å²) in [6, 6.07) is 0. The molecule has 0 unspecified atom stereocenters. The second kappa shape index (κ2) is 5.10. The lowest BCUT2D eigenvalue weighted by Crippen LogP contribution is -2.37. The van der Waals surface area contributed by atoms with Crippen molar-refractivity contribution in [3.63, 3.8) is 0 Å². The fourth-order valence-electron chi connectivity index (χ4n) is 3.12. The van der Waals surface area contributed by atoms with E-state index in [4.69, 9.17) is 5.11 Å². The summed E-state index contributed by atoms with van der Waals surface area (Å²) in [6.45, 7) is 0.691. The molecular weight excluding hydrogens is 276 g/mol. The van der Waals surface area contributed by atoms with E-state index in [9.17, 15) is 14.7 Å². The number of nitrogens with one attached hydrogen (secondary N) is 1. The molecule has 2 aliphatic rings. The number of hydrogen-bond donors (Lipinski definition) is 3. The van der Waals surface area contributed by atoms with Crippen LogP contribution in [0, 0.1) is 11.3 Å². The van der Waals surface area contributed by atoms with Crippen molar-refractivity contribution < 1.29 is 19.8 Å². The molecule has 0 bridgehead atoms. The first kappa shape index (κ1) is 14.0. The van der Waals surface area contributed by atoms with Gasteiger partial charge in [0.15, 0.2) is 0 Å². The summed E-state index contributed by atoms with van der Waals surface area (Å²) < 4.78 is 0. The zero-order valence-corrected chi connectivity index (χ0v) is 11.5. The molecule has 21 heavy (non-hydrogen) atoms. The third kappa shape index (κ3) is 2.51. The maximum atomic E-state index is 12.5. The number of aromatic amines is 1. The Labute approximate surface area is 121 Å². The molecule has 8 heteroatoms. The molecule has 2 atom stereocenters. The molecule has 0 radical (unpaired) electrons. The maximum absolute atomic E-state index is 12.5. The van der Waals surface area contributed by atoms with Crippen LogP contribution in [0.2, 0.25) is 0 Å². The van der Waals surface area contributed by atoms with E-state index < -0.39 is 11.4 Å². The smallest absolute Gasteiger partial charge is 0.303 e. The number of carbonyl (C=O) groups is 2. The van der Waals surface area contributed by atoms with Gasteiger partial charge in [-0.2, -0.15) is 15.4 Å². The Hall–Kier alpha value is -1.96. The SMILES string of the molecule is O=C(O)C[C@H]1CN(C(=O)C2(CO)CC2)C[C@H]1c1cn[nH]n1. The molecular formula is C13H18N4O4. The third-order valence-electron chi connectivity index (χ3n) is 4.59. The lowest BCUT2D eigenvalue weighted by Gasteiger charge is -2.21. The molecule has 1 aliphatic heterocycles.